The fourth-order valence-corrected chi connectivity index (χ4v) is 2.81. The molecule has 1 N–H and O–H groups in total. The fourth-order valence-electron chi connectivity index (χ4n) is 2.81. The highest BCUT2D eigenvalue weighted by atomic mass is 16.5. The predicted molar refractivity (Wildman–Crippen MR) is 84.9 cm³/mol. The van der Waals surface area contributed by atoms with Gasteiger partial charge in [-0.25, -0.2) is 0 Å². The minimum atomic E-state index is -0.400. The molecular weight excluding hydrogens is 296 g/mol. The number of para-hydroxylation sites is 2. The minimum Gasteiger partial charge on any atom is -0.456 e. The van der Waals surface area contributed by atoms with E-state index in [1.54, 1.807) is 24.3 Å². The van der Waals surface area contributed by atoms with Crippen LogP contribution in [0.5, 0.6) is 0 Å². The Hall–Kier alpha value is -2.63. The first kappa shape index (κ1) is 15.3. The Morgan fingerprint density at radius 3 is 2.91 bits per heavy atom. The van der Waals surface area contributed by atoms with Gasteiger partial charge in [-0.15, -0.1) is 0 Å². The van der Waals surface area contributed by atoms with Gasteiger partial charge >= 0.3 is 5.97 Å². The van der Waals surface area contributed by atoms with Crippen molar-refractivity contribution in [1.29, 1.82) is 0 Å². The van der Waals surface area contributed by atoms with Crippen LogP contribution in [0.4, 0.5) is 11.4 Å². The first-order chi connectivity index (χ1) is 11.1. The van der Waals surface area contributed by atoms with E-state index in [0.29, 0.717) is 17.8 Å². The first-order valence-corrected chi connectivity index (χ1v) is 7.65. The maximum atomic E-state index is 12.3. The SMILES string of the molecule is O=C1CN(C(=O)COC(=O)C[C@H]2C=CCC2)c2ccccc2N1. The summed E-state index contributed by atoms with van der Waals surface area (Å²) in [6.07, 6.45) is 6.28. The number of hydrogen-bond donors (Lipinski definition) is 1. The van der Waals surface area contributed by atoms with E-state index in [2.05, 4.69) is 5.32 Å². The molecule has 0 bridgehead atoms. The summed E-state index contributed by atoms with van der Waals surface area (Å²) in [6.45, 7) is -0.421. The third kappa shape index (κ3) is 3.59. The van der Waals surface area contributed by atoms with Gasteiger partial charge in [0.05, 0.1) is 17.8 Å². The molecule has 0 saturated carbocycles. The molecule has 1 aromatic carbocycles. The van der Waals surface area contributed by atoms with Gasteiger partial charge in [-0.3, -0.25) is 19.3 Å². The van der Waals surface area contributed by atoms with Crippen LogP contribution in [0.1, 0.15) is 19.3 Å². The Balaban J connectivity index is 1.59. The van der Waals surface area contributed by atoms with E-state index in [4.69, 9.17) is 4.74 Å². The van der Waals surface area contributed by atoms with E-state index < -0.39 is 5.91 Å². The maximum Gasteiger partial charge on any atom is 0.306 e. The lowest BCUT2D eigenvalue weighted by atomic mass is 10.1. The molecule has 0 unspecified atom stereocenters. The number of nitrogens with zero attached hydrogens (tertiary/aromatic N) is 1. The molecule has 2 aliphatic rings. The Morgan fingerprint density at radius 1 is 1.30 bits per heavy atom. The summed E-state index contributed by atoms with van der Waals surface area (Å²) >= 11 is 0. The molecule has 1 atom stereocenters. The van der Waals surface area contributed by atoms with Gasteiger partial charge in [0.1, 0.15) is 6.54 Å². The topological polar surface area (TPSA) is 75.7 Å². The van der Waals surface area contributed by atoms with Crippen molar-refractivity contribution in [1.82, 2.24) is 0 Å². The highest BCUT2D eigenvalue weighted by Crippen LogP contribution is 2.29. The first-order valence-electron chi connectivity index (χ1n) is 7.65. The highest BCUT2D eigenvalue weighted by Gasteiger charge is 2.27. The van der Waals surface area contributed by atoms with E-state index in [1.165, 1.54) is 4.90 Å². The van der Waals surface area contributed by atoms with Gasteiger partial charge in [0.2, 0.25) is 5.91 Å². The molecule has 2 amide bonds. The molecule has 1 aromatic rings. The molecule has 1 aliphatic carbocycles. The third-order valence-electron chi connectivity index (χ3n) is 3.97. The molecule has 6 heteroatoms. The van der Waals surface area contributed by atoms with E-state index in [1.807, 2.05) is 12.2 Å². The zero-order valence-electron chi connectivity index (χ0n) is 12.7. The van der Waals surface area contributed by atoms with Crippen molar-refractivity contribution in [3.63, 3.8) is 0 Å². The number of carbonyl (C=O) groups excluding carboxylic acids is 3. The quantitative estimate of drug-likeness (QED) is 0.680. The molecule has 1 heterocycles. The largest absolute Gasteiger partial charge is 0.456 e. The molecule has 0 radical (unpaired) electrons. The number of amides is 2. The van der Waals surface area contributed by atoms with Crippen LogP contribution in [-0.4, -0.2) is 30.9 Å². The van der Waals surface area contributed by atoms with Gasteiger partial charge < -0.3 is 10.1 Å². The van der Waals surface area contributed by atoms with Crippen LogP contribution in [0.15, 0.2) is 36.4 Å². The zero-order chi connectivity index (χ0) is 16.2. The van der Waals surface area contributed by atoms with Gasteiger partial charge in [-0.05, 0) is 30.9 Å². The smallest absolute Gasteiger partial charge is 0.306 e. The molecule has 0 fully saturated rings. The lowest BCUT2D eigenvalue weighted by Crippen LogP contribution is -2.44. The fraction of sp³-hybridized carbons (Fsp3) is 0.353. The lowest BCUT2D eigenvalue weighted by Gasteiger charge is -2.28. The molecule has 0 aromatic heterocycles. The Kier molecular flexibility index (Phi) is 4.41. The number of fused-ring (bicyclic) bond motifs is 1. The molecule has 3 rings (SSSR count). The second-order valence-corrected chi connectivity index (χ2v) is 5.68. The second-order valence-electron chi connectivity index (χ2n) is 5.68. The molecule has 120 valence electrons. The van der Waals surface area contributed by atoms with Crippen LogP contribution in [0, 0.1) is 5.92 Å². The number of hydrogen-bond acceptors (Lipinski definition) is 4. The highest BCUT2D eigenvalue weighted by molar-refractivity contribution is 6.10. The van der Waals surface area contributed by atoms with Gasteiger partial charge in [0.25, 0.3) is 5.91 Å². The normalized spacial score (nSPS) is 19.2. The van der Waals surface area contributed by atoms with Gasteiger partial charge in [-0.2, -0.15) is 0 Å². The lowest BCUT2D eigenvalue weighted by molar-refractivity contribution is -0.148. The van der Waals surface area contributed by atoms with Crippen molar-refractivity contribution >= 4 is 29.2 Å². The Morgan fingerprint density at radius 2 is 2.13 bits per heavy atom. The van der Waals surface area contributed by atoms with Crippen molar-refractivity contribution in [3.8, 4) is 0 Å². The van der Waals surface area contributed by atoms with Crippen molar-refractivity contribution in [3.05, 3.63) is 36.4 Å². The van der Waals surface area contributed by atoms with Gasteiger partial charge in [0, 0.05) is 0 Å². The summed E-state index contributed by atoms with van der Waals surface area (Å²) in [5.74, 6) is -0.842. The summed E-state index contributed by atoms with van der Waals surface area (Å²) < 4.78 is 5.07. The summed E-state index contributed by atoms with van der Waals surface area (Å²) in [5, 5.41) is 2.71. The van der Waals surface area contributed by atoms with Crippen molar-refractivity contribution in [2.75, 3.05) is 23.4 Å². The van der Waals surface area contributed by atoms with Crippen LogP contribution >= 0.6 is 0 Å². The van der Waals surface area contributed by atoms with E-state index in [-0.39, 0.29) is 30.9 Å². The minimum absolute atomic E-state index is 0.0707. The summed E-state index contributed by atoms with van der Waals surface area (Å²) in [7, 11) is 0. The van der Waals surface area contributed by atoms with Crippen LogP contribution < -0.4 is 10.2 Å². The summed E-state index contributed by atoms with van der Waals surface area (Å²) in [4.78, 5) is 37.1. The van der Waals surface area contributed by atoms with E-state index in [0.717, 1.165) is 12.8 Å². The van der Waals surface area contributed by atoms with Crippen LogP contribution in [0.25, 0.3) is 0 Å². The number of anilines is 2. The average molecular weight is 314 g/mol. The summed E-state index contributed by atoms with van der Waals surface area (Å²) in [6, 6.07) is 7.04. The maximum absolute atomic E-state index is 12.3. The van der Waals surface area contributed by atoms with Crippen molar-refractivity contribution in [2.45, 2.75) is 19.3 Å². The summed E-state index contributed by atoms with van der Waals surface area (Å²) in [5.41, 5.74) is 1.20. The van der Waals surface area contributed by atoms with E-state index >= 15 is 0 Å². The molecule has 1 aliphatic heterocycles. The standard InChI is InChI=1S/C17H18N2O4/c20-15-10-19(14-8-4-3-7-13(14)18-15)16(21)11-23-17(22)9-12-5-1-2-6-12/h1,3-5,7-8,12H,2,6,9-11H2,(H,18,20)/t12-/m0/s1. The molecule has 0 spiro atoms. The number of rotatable bonds is 4. The van der Waals surface area contributed by atoms with E-state index in [9.17, 15) is 14.4 Å². The number of ether oxygens (including phenoxy) is 1. The number of esters is 1. The Labute approximate surface area is 134 Å². The number of nitrogens with one attached hydrogen (secondary N) is 1. The van der Waals surface area contributed by atoms with Crippen LogP contribution in [0.2, 0.25) is 0 Å². The van der Waals surface area contributed by atoms with Crippen LogP contribution in [-0.2, 0) is 19.1 Å². The second kappa shape index (κ2) is 6.64. The molecule has 23 heavy (non-hydrogen) atoms. The Bertz CT molecular complexity index is 668. The number of carbonyl (C=O) groups is 3. The third-order valence-corrected chi connectivity index (χ3v) is 3.97. The predicted octanol–water partition coefficient (Wildman–Crippen LogP) is 1.87. The average Bonchev–Trinajstić information content (AvgIpc) is 3.04. The number of allylic oxidation sites excluding steroid dienone is 2. The monoisotopic (exact) mass is 314 g/mol. The van der Waals surface area contributed by atoms with Gasteiger partial charge in [0.15, 0.2) is 6.61 Å². The van der Waals surface area contributed by atoms with Crippen molar-refractivity contribution in [2.24, 2.45) is 5.92 Å². The molecule has 0 saturated heterocycles. The molecular formula is C17H18N2O4. The molecule has 6 nitrogen and oxygen atoms in total. The van der Waals surface area contributed by atoms with Gasteiger partial charge in [-0.1, -0.05) is 24.3 Å². The van der Waals surface area contributed by atoms with Crippen molar-refractivity contribution < 1.29 is 19.1 Å². The van der Waals surface area contributed by atoms with Crippen LogP contribution in [0.3, 0.4) is 0 Å². The number of benzene rings is 1. The zero-order valence-corrected chi connectivity index (χ0v) is 12.7.